The van der Waals surface area contributed by atoms with E-state index in [0.29, 0.717) is 6.54 Å². The second-order valence-electron chi connectivity index (χ2n) is 9.23. The number of hydrogen-bond acceptors (Lipinski definition) is 6. The summed E-state index contributed by atoms with van der Waals surface area (Å²) in [4.78, 5) is 23.3. The van der Waals surface area contributed by atoms with Crippen molar-refractivity contribution in [2.45, 2.75) is 13.1 Å². The van der Waals surface area contributed by atoms with Crippen molar-refractivity contribution in [3.63, 3.8) is 0 Å². The maximum Gasteiger partial charge on any atom is 0.259 e. The Hall–Kier alpha value is -3.42. The molecule has 7 rings (SSSR count). The SMILES string of the molecule is CN1CCN(Cc2c3c(nc4cc5c(cc24)OCO5)-c2cc4ccccc4c(=O)n2C3)CC1. The van der Waals surface area contributed by atoms with Gasteiger partial charge in [-0.3, -0.25) is 9.69 Å². The molecule has 0 bridgehead atoms. The van der Waals surface area contributed by atoms with Crippen LogP contribution in [0.5, 0.6) is 11.5 Å². The number of likely N-dealkylation sites (N-methyl/N-ethyl adjacent to an activating group) is 1. The minimum Gasteiger partial charge on any atom is -0.454 e. The zero-order valence-corrected chi connectivity index (χ0v) is 18.5. The average Bonchev–Trinajstić information content (AvgIpc) is 3.44. The molecule has 0 saturated carbocycles. The highest BCUT2D eigenvalue weighted by atomic mass is 16.7. The Bertz CT molecular complexity index is 1500. The van der Waals surface area contributed by atoms with Gasteiger partial charge in [-0.2, -0.15) is 0 Å². The number of rotatable bonds is 2. The van der Waals surface area contributed by atoms with Gasteiger partial charge in [0.15, 0.2) is 11.5 Å². The summed E-state index contributed by atoms with van der Waals surface area (Å²) in [5.41, 5.74) is 5.12. The number of fused-ring (bicyclic) bond motifs is 6. The molecule has 1 saturated heterocycles. The van der Waals surface area contributed by atoms with Crippen LogP contribution in [0.2, 0.25) is 0 Å². The average molecular weight is 441 g/mol. The number of pyridine rings is 2. The Morgan fingerprint density at radius 1 is 0.970 bits per heavy atom. The van der Waals surface area contributed by atoms with Gasteiger partial charge in [0.2, 0.25) is 6.79 Å². The standard InChI is InChI=1S/C26H24N4O3/c1-28-6-8-29(9-7-28)13-19-18-11-23-24(33-15-32-23)12-21(18)27-25-20(19)14-30-22(25)10-16-4-2-3-5-17(16)26(30)31/h2-5,10-12H,6-9,13-15H2,1H3. The van der Waals surface area contributed by atoms with E-state index in [0.717, 1.165) is 82.8 Å². The predicted octanol–water partition coefficient (Wildman–Crippen LogP) is 3.05. The van der Waals surface area contributed by atoms with Crippen LogP contribution in [-0.2, 0) is 13.1 Å². The molecule has 0 aliphatic carbocycles. The van der Waals surface area contributed by atoms with Crippen LogP contribution in [0.15, 0.2) is 47.3 Å². The van der Waals surface area contributed by atoms with Crippen molar-refractivity contribution in [1.29, 1.82) is 0 Å². The zero-order chi connectivity index (χ0) is 22.1. The van der Waals surface area contributed by atoms with Crippen LogP contribution in [0, 0.1) is 0 Å². The third-order valence-corrected chi connectivity index (χ3v) is 7.25. The van der Waals surface area contributed by atoms with E-state index < -0.39 is 0 Å². The fourth-order valence-electron chi connectivity index (χ4n) is 5.36. The van der Waals surface area contributed by atoms with E-state index in [2.05, 4.69) is 29.0 Å². The first kappa shape index (κ1) is 19.1. The largest absolute Gasteiger partial charge is 0.454 e. The van der Waals surface area contributed by atoms with Gasteiger partial charge in [-0.15, -0.1) is 0 Å². The van der Waals surface area contributed by atoms with E-state index in [1.807, 2.05) is 34.9 Å². The van der Waals surface area contributed by atoms with Crippen molar-refractivity contribution in [1.82, 2.24) is 19.4 Å². The molecule has 0 spiro atoms. The Kier molecular flexibility index (Phi) is 4.07. The van der Waals surface area contributed by atoms with E-state index in [4.69, 9.17) is 14.5 Å². The lowest BCUT2D eigenvalue weighted by molar-refractivity contribution is 0.148. The maximum atomic E-state index is 13.4. The quantitative estimate of drug-likeness (QED) is 0.421. The van der Waals surface area contributed by atoms with Gasteiger partial charge < -0.3 is 18.9 Å². The van der Waals surface area contributed by atoms with Crippen LogP contribution in [0.25, 0.3) is 33.1 Å². The molecule has 3 aliphatic rings. The summed E-state index contributed by atoms with van der Waals surface area (Å²) < 4.78 is 13.2. The molecule has 5 heterocycles. The summed E-state index contributed by atoms with van der Waals surface area (Å²) in [6.45, 7) is 5.79. The number of nitrogens with zero attached hydrogens (tertiary/aromatic N) is 4. The van der Waals surface area contributed by atoms with Crippen LogP contribution < -0.4 is 15.0 Å². The highest BCUT2D eigenvalue weighted by Gasteiger charge is 2.29. The summed E-state index contributed by atoms with van der Waals surface area (Å²) in [6, 6.07) is 14.0. The molecule has 2 aromatic carbocycles. The molecule has 7 heteroatoms. The Morgan fingerprint density at radius 2 is 1.76 bits per heavy atom. The third-order valence-electron chi connectivity index (χ3n) is 7.25. The minimum atomic E-state index is 0.0462. The number of piperazine rings is 1. The molecule has 0 atom stereocenters. The predicted molar refractivity (Wildman–Crippen MR) is 127 cm³/mol. The summed E-state index contributed by atoms with van der Waals surface area (Å²) in [7, 11) is 2.17. The van der Waals surface area contributed by atoms with E-state index in [1.165, 1.54) is 5.56 Å². The third kappa shape index (κ3) is 2.89. The molecule has 166 valence electrons. The van der Waals surface area contributed by atoms with Crippen molar-refractivity contribution < 1.29 is 9.47 Å². The van der Waals surface area contributed by atoms with E-state index >= 15 is 0 Å². The first-order valence-electron chi connectivity index (χ1n) is 11.4. The lowest BCUT2D eigenvalue weighted by atomic mass is 9.99. The van der Waals surface area contributed by atoms with Crippen LogP contribution in [0.3, 0.4) is 0 Å². The van der Waals surface area contributed by atoms with Crippen LogP contribution in [0.4, 0.5) is 0 Å². The molecule has 4 aromatic rings. The molecule has 7 nitrogen and oxygen atoms in total. The summed E-state index contributed by atoms with van der Waals surface area (Å²) >= 11 is 0. The first-order valence-corrected chi connectivity index (χ1v) is 11.4. The number of ether oxygens (including phenoxy) is 2. The van der Waals surface area contributed by atoms with E-state index in [9.17, 15) is 4.79 Å². The first-order chi connectivity index (χ1) is 16.2. The van der Waals surface area contributed by atoms with Gasteiger partial charge in [0.05, 0.1) is 23.4 Å². The molecule has 0 radical (unpaired) electrons. The fraction of sp³-hybridized carbons (Fsp3) is 0.308. The van der Waals surface area contributed by atoms with Crippen molar-refractivity contribution in [2.24, 2.45) is 0 Å². The van der Waals surface area contributed by atoms with Gasteiger partial charge >= 0.3 is 0 Å². The lowest BCUT2D eigenvalue weighted by Gasteiger charge is -2.33. The Labute approximate surface area is 190 Å². The topological polar surface area (TPSA) is 59.8 Å². The molecule has 3 aliphatic heterocycles. The highest BCUT2D eigenvalue weighted by molar-refractivity contribution is 5.92. The fourth-order valence-corrected chi connectivity index (χ4v) is 5.36. The normalized spacial score (nSPS) is 17.6. The van der Waals surface area contributed by atoms with Crippen molar-refractivity contribution in [2.75, 3.05) is 40.0 Å². The van der Waals surface area contributed by atoms with Crippen LogP contribution >= 0.6 is 0 Å². The molecule has 0 N–H and O–H groups in total. The summed E-state index contributed by atoms with van der Waals surface area (Å²) in [6.07, 6.45) is 0. The lowest BCUT2D eigenvalue weighted by Crippen LogP contribution is -2.44. The van der Waals surface area contributed by atoms with Gasteiger partial charge in [0.1, 0.15) is 0 Å². The molecule has 33 heavy (non-hydrogen) atoms. The number of hydrogen-bond donors (Lipinski definition) is 0. The second-order valence-corrected chi connectivity index (χ2v) is 9.23. The van der Waals surface area contributed by atoms with Crippen molar-refractivity contribution >= 4 is 21.7 Å². The number of aromatic nitrogens is 2. The van der Waals surface area contributed by atoms with Gasteiger partial charge in [0, 0.05) is 55.1 Å². The molecule has 2 aromatic heterocycles. The molecular formula is C26H24N4O3. The maximum absolute atomic E-state index is 13.4. The Balaban J connectivity index is 1.45. The highest BCUT2D eigenvalue weighted by Crippen LogP contribution is 2.42. The minimum absolute atomic E-state index is 0.0462. The number of benzene rings is 2. The molecule has 1 fully saturated rings. The molecule has 0 unspecified atom stereocenters. The van der Waals surface area contributed by atoms with E-state index in [-0.39, 0.29) is 12.4 Å². The molecular weight excluding hydrogens is 416 g/mol. The summed E-state index contributed by atoms with van der Waals surface area (Å²) in [5.74, 6) is 1.50. The second kappa shape index (κ2) is 7.04. The zero-order valence-electron chi connectivity index (χ0n) is 18.5. The van der Waals surface area contributed by atoms with E-state index in [1.54, 1.807) is 0 Å². The summed E-state index contributed by atoms with van der Waals surface area (Å²) in [5, 5.41) is 2.79. The van der Waals surface area contributed by atoms with Gasteiger partial charge in [0.25, 0.3) is 5.56 Å². The van der Waals surface area contributed by atoms with Crippen molar-refractivity contribution in [3.05, 3.63) is 63.9 Å². The Morgan fingerprint density at radius 3 is 2.61 bits per heavy atom. The smallest absolute Gasteiger partial charge is 0.259 e. The molecule has 0 amide bonds. The van der Waals surface area contributed by atoms with Gasteiger partial charge in [-0.05, 0) is 36.2 Å². The monoisotopic (exact) mass is 440 g/mol. The van der Waals surface area contributed by atoms with Crippen LogP contribution in [0.1, 0.15) is 11.1 Å². The van der Waals surface area contributed by atoms with Gasteiger partial charge in [-0.1, -0.05) is 18.2 Å². The van der Waals surface area contributed by atoms with Crippen molar-refractivity contribution in [3.8, 4) is 22.9 Å². The van der Waals surface area contributed by atoms with Gasteiger partial charge in [-0.25, -0.2) is 4.98 Å². The van der Waals surface area contributed by atoms with Crippen LogP contribution in [-0.4, -0.2) is 59.4 Å².